The Bertz CT molecular complexity index is 989. The number of benzene rings is 2. The van der Waals surface area contributed by atoms with Gasteiger partial charge in [-0.05, 0) is 82.7 Å². The number of aliphatic imine (C=N–C) groups is 1. The minimum absolute atomic E-state index is 0.101. The smallest absolute Gasteiger partial charge is 0.292 e. The highest BCUT2D eigenvalue weighted by Crippen LogP contribution is 2.57. The van der Waals surface area contributed by atoms with Crippen LogP contribution < -0.4 is 0 Å². The summed E-state index contributed by atoms with van der Waals surface area (Å²) in [4.78, 5) is 4.74. The molecule has 1 nitrogen and oxygen atoms in total. The summed E-state index contributed by atoms with van der Waals surface area (Å²) in [6, 6.07) is 12.4. The first-order valence-electron chi connectivity index (χ1n) is 11.8. The van der Waals surface area contributed by atoms with Crippen LogP contribution in [-0.2, 0) is 18.0 Å². The molecule has 0 radical (unpaired) electrons. The van der Waals surface area contributed by atoms with E-state index < -0.39 is 11.7 Å². The van der Waals surface area contributed by atoms with E-state index in [0.717, 1.165) is 30.5 Å². The largest absolute Gasteiger partial charge is 0.416 e. The molecule has 0 N–H and O–H groups in total. The van der Waals surface area contributed by atoms with E-state index in [2.05, 4.69) is 45.9 Å². The Labute approximate surface area is 190 Å². The van der Waals surface area contributed by atoms with E-state index in [1.54, 1.807) is 6.21 Å². The molecule has 1 saturated carbocycles. The quantitative estimate of drug-likeness (QED) is 0.427. The van der Waals surface area contributed by atoms with Crippen molar-refractivity contribution < 1.29 is 13.2 Å². The van der Waals surface area contributed by atoms with Crippen LogP contribution in [0.1, 0.15) is 87.1 Å². The van der Waals surface area contributed by atoms with Gasteiger partial charge in [-0.1, -0.05) is 64.4 Å². The van der Waals surface area contributed by atoms with Crippen LogP contribution in [0.5, 0.6) is 0 Å². The first-order chi connectivity index (χ1) is 15.0. The third-order valence-electron chi connectivity index (χ3n) is 8.10. The molecule has 1 fully saturated rings. The lowest BCUT2D eigenvalue weighted by Crippen LogP contribution is -2.50. The van der Waals surface area contributed by atoms with Crippen LogP contribution in [0, 0.1) is 11.3 Å². The first-order valence-corrected chi connectivity index (χ1v) is 11.8. The van der Waals surface area contributed by atoms with Crippen LogP contribution in [0.25, 0.3) is 0 Å². The van der Waals surface area contributed by atoms with Gasteiger partial charge in [0.15, 0.2) is 0 Å². The predicted octanol–water partition coefficient (Wildman–Crippen LogP) is 7.96. The average Bonchev–Trinajstić information content (AvgIpc) is 2.73. The van der Waals surface area contributed by atoms with Gasteiger partial charge in [0, 0.05) is 12.8 Å². The summed E-state index contributed by atoms with van der Waals surface area (Å²) in [6.07, 6.45) is 3.28. The molecule has 2 aromatic carbocycles. The molecule has 0 heterocycles. The minimum atomic E-state index is -4.30. The Morgan fingerprint density at radius 3 is 2.44 bits per heavy atom. The molecular formula is C28H34F3N. The number of hydrogen-bond donors (Lipinski definition) is 0. The lowest BCUT2D eigenvalue weighted by molar-refractivity contribution is -0.137. The summed E-state index contributed by atoms with van der Waals surface area (Å²) in [5.74, 6) is 1.10. The molecule has 2 aliphatic carbocycles. The third-order valence-corrected chi connectivity index (χ3v) is 8.10. The van der Waals surface area contributed by atoms with Gasteiger partial charge < -0.3 is 0 Å². The zero-order chi connectivity index (χ0) is 23.1. The van der Waals surface area contributed by atoms with E-state index in [1.807, 2.05) is 0 Å². The van der Waals surface area contributed by atoms with E-state index >= 15 is 0 Å². The summed E-state index contributed by atoms with van der Waals surface area (Å²) in [5.41, 5.74) is 4.83. The summed E-state index contributed by atoms with van der Waals surface area (Å²) in [6.45, 7) is 10.0. The van der Waals surface area contributed by atoms with Crippen molar-refractivity contribution in [2.24, 2.45) is 16.3 Å². The lowest BCUT2D eigenvalue weighted by atomic mass is 9.50. The van der Waals surface area contributed by atoms with Gasteiger partial charge in [0.1, 0.15) is 0 Å². The Morgan fingerprint density at radius 1 is 1.06 bits per heavy atom. The molecule has 172 valence electrons. The van der Waals surface area contributed by atoms with Crippen molar-refractivity contribution in [3.8, 4) is 0 Å². The molecule has 0 spiro atoms. The topological polar surface area (TPSA) is 12.4 Å². The number of nitrogens with zero attached hydrogens (tertiary/aromatic N) is 1. The SMILES string of the molecule is CC(C)c1ccc2c(c1)CC[C@H]1[C@](C)(CN=Cc3ccc(C(F)(F)F)cc3)CCC[C@]21C. The molecule has 2 aliphatic rings. The highest BCUT2D eigenvalue weighted by molar-refractivity contribution is 5.79. The maximum atomic E-state index is 12.8. The second kappa shape index (κ2) is 8.35. The molecule has 0 aromatic heterocycles. The molecule has 2 aromatic rings. The standard InChI is InChI=1S/C28H34F3N/c1-19(2)21-8-12-24-22(16-21)9-13-25-26(3,14-5-15-27(24,25)4)18-32-17-20-6-10-23(11-7-20)28(29,30)31/h6-8,10-12,16-17,19,25H,5,9,13-15,18H2,1-4H3/t25-,26-,27+/m0/s1. The molecule has 0 aliphatic heterocycles. The van der Waals surface area contributed by atoms with E-state index in [-0.39, 0.29) is 10.8 Å². The molecule has 0 amide bonds. The zero-order valence-electron chi connectivity index (χ0n) is 19.6. The average molecular weight is 442 g/mol. The highest BCUT2D eigenvalue weighted by Gasteiger charge is 2.51. The highest BCUT2D eigenvalue weighted by atomic mass is 19.4. The maximum Gasteiger partial charge on any atom is 0.416 e. The number of aryl methyl sites for hydroxylation is 1. The summed E-state index contributed by atoms with van der Waals surface area (Å²) in [5, 5.41) is 0. The molecule has 0 unspecified atom stereocenters. The van der Waals surface area contributed by atoms with E-state index in [4.69, 9.17) is 4.99 Å². The van der Waals surface area contributed by atoms with Crippen molar-refractivity contribution in [2.45, 2.75) is 77.3 Å². The Balaban J connectivity index is 1.53. The van der Waals surface area contributed by atoms with Gasteiger partial charge in [-0.25, -0.2) is 0 Å². The van der Waals surface area contributed by atoms with Crippen LogP contribution in [0.2, 0.25) is 0 Å². The lowest BCUT2D eigenvalue weighted by Gasteiger charge is -2.55. The van der Waals surface area contributed by atoms with Gasteiger partial charge >= 0.3 is 6.18 Å². The third kappa shape index (κ3) is 4.25. The van der Waals surface area contributed by atoms with Crippen molar-refractivity contribution in [3.63, 3.8) is 0 Å². The number of rotatable bonds is 4. The Kier molecular flexibility index (Phi) is 6.02. The molecule has 0 bridgehead atoms. The first kappa shape index (κ1) is 23.1. The van der Waals surface area contributed by atoms with Crippen molar-refractivity contribution in [3.05, 3.63) is 70.3 Å². The molecule has 3 atom stereocenters. The van der Waals surface area contributed by atoms with Gasteiger partial charge in [0.25, 0.3) is 0 Å². The fraction of sp³-hybridized carbons (Fsp3) is 0.536. The van der Waals surface area contributed by atoms with Crippen LogP contribution in [0.4, 0.5) is 13.2 Å². The number of hydrogen-bond acceptors (Lipinski definition) is 1. The van der Waals surface area contributed by atoms with Crippen LogP contribution in [0.3, 0.4) is 0 Å². The van der Waals surface area contributed by atoms with Crippen molar-refractivity contribution in [2.75, 3.05) is 6.54 Å². The van der Waals surface area contributed by atoms with Gasteiger partial charge in [0.2, 0.25) is 0 Å². The van der Waals surface area contributed by atoms with Gasteiger partial charge in [-0.2, -0.15) is 13.2 Å². The van der Waals surface area contributed by atoms with Gasteiger partial charge in [-0.3, -0.25) is 4.99 Å². The second-order valence-electron chi connectivity index (χ2n) is 10.7. The molecule has 4 rings (SSSR count). The van der Waals surface area contributed by atoms with E-state index in [9.17, 15) is 13.2 Å². The molecule has 32 heavy (non-hydrogen) atoms. The molecular weight excluding hydrogens is 407 g/mol. The van der Waals surface area contributed by atoms with Crippen LogP contribution in [0.15, 0.2) is 47.5 Å². The van der Waals surface area contributed by atoms with Crippen LogP contribution >= 0.6 is 0 Å². The van der Waals surface area contributed by atoms with E-state index in [0.29, 0.717) is 18.4 Å². The van der Waals surface area contributed by atoms with Crippen molar-refractivity contribution >= 4 is 6.21 Å². The number of halogens is 3. The van der Waals surface area contributed by atoms with Crippen molar-refractivity contribution in [1.82, 2.24) is 0 Å². The Hall–Kier alpha value is -2.10. The summed E-state index contributed by atoms with van der Waals surface area (Å²) in [7, 11) is 0. The van der Waals surface area contributed by atoms with Gasteiger partial charge in [0.05, 0.1) is 5.56 Å². The fourth-order valence-corrected chi connectivity index (χ4v) is 6.31. The zero-order valence-corrected chi connectivity index (χ0v) is 19.6. The molecule has 0 saturated heterocycles. The minimum Gasteiger partial charge on any atom is -0.292 e. The monoisotopic (exact) mass is 441 g/mol. The second-order valence-corrected chi connectivity index (χ2v) is 10.7. The maximum absolute atomic E-state index is 12.8. The number of alkyl halides is 3. The number of fused-ring (bicyclic) bond motifs is 3. The van der Waals surface area contributed by atoms with Crippen molar-refractivity contribution in [1.29, 1.82) is 0 Å². The summed E-state index contributed by atoms with van der Waals surface area (Å²) < 4.78 is 38.4. The van der Waals surface area contributed by atoms with Gasteiger partial charge in [-0.15, -0.1) is 0 Å². The molecule has 4 heteroatoms. The van der Waals surface area contributed by atoms with E-state index in [1.165, 1.54) is 48.1 Å². The summed E-state index contributed by atoms with van der Waals surface area (Å²) >= 11 is 0. The fourth-order valence-electron chi connectivity index (χ4n) is 6.31. The van der Waals surface area contributed by atoms with Crippen LogP contribution in [-0.4, -0.2) is 12.8 Å². The normalized spacial score (nSPS) is 28.1. The Morgan fingerprint density at radius 2 is 1.78 bits per heavy atom. The predicted molar refractivity (Wildman–Crippen MR) is 126 cm³/mol.